The molecule has 0 saturated heterocycles. The third-order valence-electron chi connectivity index (χ3n) is 5.25. The number of nitrogens with one attached hydrogen (secondary N) is 2. The average Bonchev–Trinajstić information content (AvgIpc) is 3.30. The number of benzene rings is 3. The molecule has 1 aliphatic rings. The van der Waals surface area contributed by atoms with Crippen LogP contribution in [-0.4, -0.2) is 36.4 Å². The van der Waals surface area contributed by atoms with E-state index in [0.29, 0.717) is 11.5 Å². The van der Waals surface area contributed by atoms with Crippen LogP contribution in [0.4, 0.5) is 0 Å². The predicted molar refractivity (Wildman–Crippen MR) is 118 cm³/mol. The number of ether oxygens (including phenoxy) is 2. The summed E-state index contributed by atoms with van der Waals surface area (Å²) >= 11 is 0. The lowest BCUT2D eigenvalue weighted by Crippen LogP contribution is -2.50. The normalized spacial score (nSPS) is 12.9. The Morgan fingerprint density at radius 2 is 1.47 bits per heavy atom. The van der Waals surface area contributed by atoms with Gasteiger partial charge in [0.15, 0.2) is 11.5 Å². The smallest absolute Gasteiger partial charge is 0.245 e. The first-order chi connectivity index (χ1) is 15.7. The second-order valence-corrected chi connectivity index (χ2v) is 7.40. The van der Waals surface area contributed by atoms with Crippen LogP contribution < -0.4 is 20.1 Å². The van der Waals surface area contributed by atoms with E-state index in [1.807, 2.05) is 66.7 Å². The third kappa shape index (κ3) is 4.90. The highest BCUT2D eigenvalue weighted by Gasteiger charge is 2.27. The Balaban J connectivity index is 1.44. The molecule has 1 aliphatic heterocycles. The standard InChI is InChI=1S/C25H24N2O5/c28-15-20(24(29)26-14-17-11-12-21-22(13-17)32-16-31-21)27-25(30)23(18-7-3-1-4-8-18)19-9-5-2-6-10-19/h1-13,20,23,28H,14-16H2,(H,26,29)(H,27,30). The molecule has 0 radical (unpaired) electrons. The monoisotopic (exact) mass is 432 g/mol. The van der Waals surface area contributed by atoms with Crippen molar-refractivity contribution in [1.29, 1.82) is 0 Å². The number of aliphatic hydroxyl groups is 1. The third-order valence-corrected chi connectivity index (χ3v) is 5.25. The number of amides is 2. The molecule has 7 heteroatoms. The second kappa shape index (κ2) is 9.98. The first-order valence-corrected chi connectivity index (χ1v) is 10.3. The Hall–Kier alpha value is -3.84. The van der Waals surface area contributed by atoms with Gasteiger partial charge in [0, 0.05) is 6.54 Å². The van der Waals surface area contributed by atoms with Gasteiger partial charge in [-0.2, -0.15) is 0 Å². The van der Waals surface area contributed by atoms with Crippen molar-refractivity contribution in [2.75, 3.05) is 13.4 Å². The molecule has 0 spiro atoms. The second-order valence-electron chi connectivity index (χ2n) is 7.40. The van der Waals surface area contributed by atoms with Crippen LogP contribution in [-0.2, 0) is 16.1 Å². The Morgan fingerprint density at radius 3 is 2.09 bits per heavy atom. The van der Waals surface area contributed by atoms with Crippen LogP contribution in [0, 0.1) is 0 Å². The van der Waals surface area contributed by atoms with E-state index >= 15 is 0 Å². The van der Waals surface area contributed by atoms with E-state index in [2.05, 4.69) is 10.6 Å². The molecule has 2 amide bonds. The van der Waals surface area contributed by atoms with Gasteiger partial charge in [-0.05, 0) is 28.8 Å². The maximum absolute atomic E-state index is 13.2. The van der Waals surface area contributed by atoms with Crippen LogP contribution in [0.1, 0.15) is 22.6 Å². The topological polar surface area (TPSA) is 96.9 Å². The Kier molecular flexibility index (Phi) is 6.67. The summed E-state index contributed by atoms with van der Waals surface area (Å²) in [6, 6.07) is 23.0. The van der Waals surface area contributed by atoms with Gasteiger partial charge < -0.3 is 25.2 Å². The molecule has 1 atom stereocenters. The number of aliphatic hydroxyl groups excluding tert-OH is 1. The minimum Gasteiger partial charge on any atom is -0.454 e. The summed E-state index contributed by atoms with van der Waals surface area (Å²) in [5.74, 6) is -0.156. The number of rotatable bonds is 8. The van der Waals surface area contributed by atoms with Crippen LogP contribution in [0.5, 0.6) is 11.5 Å². The minimum absolute atomic E-state index is 0.174. The Bertz CT molecular complexity index is 1030. The Labute approximate surface area is 186 Å². The van der Waals surface area contributed by atoms with Gasteiger partial charge in [-0.25, -0.2) is 0 Å². The van der Waals surface area contributed by atoms with Crippen molar-refractivity contribution in [3.05, 3.63) is 95.6 Å². The van der Waals surface area contributed by atoms with Crippen molar-refractivity contribution in [2.45, 2.75) is 18.5 Å². The molecule has 1 heterocycles. The van der Waals surface area contributed by atoms with E-state index in [1.54, 1.807) is 12.1 Å². The molecule has 1 unspecified atom stereocenters. The van der Waals surface area contributed by atoms with E-state index in [0.717, 1.165) is 16.7 Å². The van der Waals surface area contributed by atoms with E-state index < -0.39 is 24.5 Å². The molecule has 0 aromatic heterocycles. The number of hydrogen-bond acceptors (Lipinski definition) is 5. The quantitative estimate of drug-likeness (QED) is 0.508. The fourth-order valence-corrected chi connectivity index (χ4v) is 3.60. The number of fused-ring (bicyclic) bond motifs is 1. The molecule has 0 fully saturated rings. The van der Waals surface area contributed by atoms with Gasteiger partial charge in [-0.15, -0.1) is 0 Å². The summed E-state index contributed by atoms with van der Waals surface area (Å²) in [7, 11) is 0. The highest BCUT2D eigenvalue weighted by Crippen LogP contribution is 2.32. The van der Waals surface area contributed by atoms with Crippen molar-refractivity contribution < 1.29 is 24.2 Å². The maximum Gasteiger partial charge on any atom is 0.245 e. The van der Waals surface area contributed by atoms with Crippen LogP contribution in [0.2, 0.25) is 0 Å². The van der Waals surface area contributed by atoms with E-state index in [9.17, 15) is 14.7 Å². The van der Waals surface area contributed by atoms with Crippen molar-refractivity contribution in [1.82, 2.24) is 10.6 Å². The van der Waals surface area contributed by atoms with Gasteiger partial charge in [0.25, 0.3) is 0 Å². The lowest BCUT2D eigenvalue weighted by Gasteiger charge is -2.22. The average molecular weight is 432 g/mol. The summed E-state index contributed by atoms with van der Waals surface area (Å²) < 4.78 is 10.6. The van der Waals surface area contributed by atoms with Crippen LogP contribution in [0.3, 0.4) is 0 Å². The minimum atomic E-state index is -1.08. The number of hydrogen-bond donors (Lipinski definition) is 3. The zero-order valence-corrected chi connectivity index (χ0v) is 17.4. The zero-order chi connectivity index (χ0) is 22.3. The van der Waals surface area contributed by atoms with Gasteiger partial charge in [0.2, 0.25) is 18.6 Å². The zero-order valence-electron chi connectivity index (χ0n) is 17.4. The van der Waals surface area contributed by atoms with Crippen molar-refractivity contribution in [3.8, 4) is 11.5 Å². The lowest BCUT2D eigenvalue weighted by atomic mass is 9.90. The molecule has 4 rings (SSSR count). The summed E-state index contributed by atoms with van der Waals surface area (Å²) in [5, 5.41) is 15.2. The van der Waals surface area contributed by atoms with Gasteiger partial charge in [-0.3, -0.25) is 9.59 Å². The molecular weight excluding hydrogens is 408 g/mol. The molecular formula is C25H24N2O5. The fraction of sp³-hybridized carbons (Fsp3) is 0.200. The molecule has 3 N–H and O–H groups in total. The molecule has 164 valence electrons. The Morgan fingerprint density at radius 1 is 0.844 bits per heavy atom. The van der Waals surface area contributed by atoms with Crippen LogP contribution in [0.15, 0.2) is 78.9 Å². The van der Waals surface area contributed by atoms with Crippen molar-refractivity contribution in [2.24, 2.45) is 0 Å². The van der Waals surface area contributed by atoms with Crippen LogP contribution in [0.25, 0.3) is 0 Å². The molecule has 32 heavy (non-hydrogen) atoms. The van der Waals surface area contributed by atoms with Gasteiger partial charge in [-0.1, -0.05) is 66.7 Å². The SMILES string of the molecule is O=C(NCc1ccc2c(c1)OCO2)C(CO)NC(=O)C(c1ccccc1)c1ccccc1. The highest BCUT2D eigenvalue weighted by atomic mass is 16.7. The molecule has 3 aromatic rings. The van der Waals surface area contributed by atoms with E-state index in [1.165, 1.54) is 0 Å². The largest absolute Gasteiger partial charge is 0.454 e. The maximum atomic E-state index is 13.2. The fourth-order valence-electron chi connectivity index (χ4n) is 3.60. The molecule has 0 aliphatic carbocycles. The summed E-state index contributed by atoms with van der Waals surface area (Å²) in [6.45, 7) is -0.120. The van der Waals surface area contributed by atoms with E-state index in [4.69, 9.17) is 9.47 Å². The van der Waals surface area contributed by atoms with Gasteiger partial charge in [0.05, 0.1) is 12.5 Å². The van der Waals surface area contributed by atoms with E-state index in [-0.39, 0.29) is 19.2 Å². The summed E-state index contributed by atoms with van der Waals surface area (Å²) in [4.78, 5) is 25.9. The van der Waals surface area contributed by atoms with Crippen LogP contribution >= 0.6 is 0 Å². The molecule has 3 aromatic carbocycles. The predicted octanol–water partition coefficient (Wildman–Crippen LogP) is 2.34. The van der Waals surface area contributed by atoms with Crippen molar-refractivity contribution >= 4 is 11.8 Å². The first kappa shape index (κ1) is 21.4. The highest BCUT2D eigenvalue weighted by molar-refractivity contribution is 5.92. The van der Waals surface area contributed by atoms with Crippen molar-refractivity contribution in [3.63, 3.8) is 0 Å². The lowest BCUT2D eigenvalue weighted by molar-refractivity contribution is -0.130. The number of carbonyl (C=O) groups excluding carboxylic acids is 2. The number of carbonyl (C=O) groups is 2. The summed E-state index contributed by atoms with van der Waals surface area (Å²) in [6.07, 6.45) is 0. The van der Waals surface area contributed by atoms with Gasteiger partial charge >= 0.3 is 0 Å². The molecule has 0 bridgehead atoms. The summed E-state index contributed by atoms with van der Waals surface area (Å²) in [5.41, 5.74) is 2.42. The molecule has 0 saturated carbocycles. The molecule has 7 nitrogen and oxygen atoms in total. The first-order valence-electron chi connectivity index (χ1n) is 10.3. The van der Waals surface area contributed by atoms with Gasteiger partial charge in [0.1, 0.15) is 6.04 Å².